The highest BCUT2D eigenvalue weighted by Gasteiger charge is 2.21. The molecule has 1 heterocycles. The molecule has 15 heavy (non-hydrogen) atoms. The number of methoxy groups -OCH3 is 1. The summed E-state index contributed by atoms with van der Waals surface area (Å²) in [5.41, 5.74) is 1.15. The van der Waals surface area contributed by atoms with Crippen molar-refractivity contribution in [1.29, 1.82) is 0 Å². The van der Waals surface area contributed by atoms with Crippen LogP contribution in [0.2, 0.25) is 5.02 Å². The summed E-state index contributed by atoms with van der Waals surface area (Å²) in [6, 6.07) is 4.31. The van der Waals surface area contributed by atoms with Crippen molar-refractivity contribution < 1.29 is 4.74 Å². The topological polar surface area (TPSA) is 21.3 Å². The fraction of sp³-hybridized carbons (Fsp3) is 0.455. The number of hydrogen-bond donors (Lipinski definition) is 1. The van der Waals surface area contributed by atoms with Gasteiger partial charge in [0.25, 0.3) is 0 Å². The third-order valence-electron chi connectivity index (χ3n) is 2.68. The Labute approximate surface area is 103 Å². The molecule has 0 bridgehead atoms. The first-order chi connectivity index (χ1) is 7.22. The van der Waals surface area contributed by atoms with Gasteiger partial charge in [0, 0.05) is 16.1 Å². The van der Waals surface area contributed by atoms with Crippen molar-refractivity contribution in [2.45, 2.75) is 18.9 Å². The second kappa shape index (κ2) is 4.73. The molecule has 0 aliphatic carbocycles. The van der Waals surface area contributed by atoms with Crippen molar-refractivity contribution in [2.24, 2.45) is 0 Å². The van der Waals surface area contributed by atoms with Gasteiger partial charge in [-0.1, -0.05) is 27.5 Å². The SMILES string of the molecule is COc1c(Cl)cc(Br)cc1C1CCCN1. The van der Waals surface area contributed by atoms with Crippen LogP contribution in [0.25, 0.3) is 0 Å². The summed E-state index contributed by atoms with van der Waals surface area (Å²) >= 11 is 9.59. The van der Waals surface area contributed by atoms with Gasteiger partial charge in [-0.25, -0.2) is 0 Å². The van der Waals surface area contributed by atoms with Gasteiger partial charge in [0.2, 0.25) is 0 Å². The van der Waals surface area contributed by atoms with Crippen molar-refractivity contribution >= 4 is 27.5 Å². The molecule has 4 heteroatoms. The zero-order valence-corrected chi connectivity index (χ0v) is 10.9. The van der Waals surface area contributed by atoms with Crippen molar-refractivity contribution in [3.63, 3.8) is 0 Å². The Morgan fingerprint density at radius 2 is 2.33 bits per heavy atom. The van der Waals surface area contributed by atoms with Crippen LogP contribution in [0.15, 0.2) is 16.6 Å². The van der Waals surface area contributed by atoms with E-state index in [1.54, 1.807) is 7.11 Å². The van der Waals surface area contributed by atoms with Gasteiger partial charge in [0.05, 0.1) is 12.1 Å². The minimum Gasteiger partial charge on any atom is -0.495 e. The van der Waals surface area contributed by atoms with Crippen LogP contribution in [-0.2, 0) is 0 Å². The Kier molecular flexibility index (Phi) is 3.54. The van der Waals surface area contributed by atoms with Gasteiger partial charge >= 0.3 is 0 Å². The van der Waals surface area contributed by atoms with E-state index in [9.17, 15) is 0 Å². The second-order valence-electron chi connectivity index (χ2n) is 3.66. The minimum absolute atomic E-state index is 0.370. The lowest BCUT2D eigenvalue weighted by Gasteiger charge is -2.16. The maximum Gasteiger partial charge on any atom is 0.142 e. The number of benzene rings is 1. The van der Waals surface area contributed by atoms with Gasteiger partial charge in [0.15, 0.2) is 0 Å². The molecule has 1 aromatic carbocycles. The van der Waals surface area contributed by atoms with Crippen molar-refractivity contribution in [1.82, 2.24) is 5.32 Å². The molecule has 1 fully saturated rings. The predicted molar refractivity (Wildman–Crippen MR) is 65.7 cm³/mol. The fourth-order valence-electron chi connectivity index (χ4n) is 2.00. The van der Waals surface area contributed by atoms with Gasteiger partial charge in [-0.2, -0.15) is 0 Å². The monoisotopic (exact) mass is 289 g/mol. The lowest BCUT2D eigenvalue weighted by Crippen LogP contribution is -2.14. The Balaban J connectivity index is 2.42. The Morgan fingerprint density at radius 3 is 2.93 bits per heavy atom. The fourth-order valence-corrected chi connectivity index (χ4v) is 2.92. The number of halogens is 2. The molecule has 82 valence electrons. The lowest BCUT2D eigenvalue weighted by atomic mass is 10.0. The zero-order chi connectivity index (χ0) is 10.8. The third-order valence-corrected chi connectivity index (χ3v) is 3.42. The molecule has 1 atom stereocenters. The first-order valence-corrected chi connectivity index (χ1v) is 6.16. The van der Waals surface area contributed by atoms with Crippen LogP contribution in [0.4, 0.5) is 0 Å². The molecule has 1 N–H and O–H groups in total. The zero-order valence-electron chi connectivity index (χ0n) is 8.52. The highest BCUT2D eigenvalue weighted by molar-refractivity contribution is 9.10. The van der Waals surface area contributed by atoms with E-state index in [1.807, 2.05) is 6.07 Å². The average Bonchev–Trinajstić information content (AvgIpc) is 2.69. The van der Waals surface area contributed by atoms with Crippen LogP contribution in [0.1, 0.15) is 24.4 Å². The van der Waals surface area contributed by atoms with Crippen LogP contribution >= 0.6 is 27.5 Å². The Hall–Kier alpha value is -0.250. The van der Waals surface area contributed by atoms with Crippen molar-refractivity contribution in [3.05, 3.63) is 27.2 Å². The summed E-state index contributed by atoms with van der Waals surface area (Å²) < 4.78 is 6.35. The van der Waals surface area contributed by atoms with Crippen LogP contribution < -0.4 is 10.1 Å². The van der Waals surface area contributed by atoms with Gasteiger partial charge in [-0.15, -0.1) is 0 Å². The van der Waals surface area contributed by atoms with E-state index < -0.39 is 0 Å². The van der Waals surface area contributed by atoms with E-state index in [2.05, 4.69) is 27.3 Å². The molecule has 2 nitrogen and oxygen atoms in total. The summed E-state index contributed by atoms with van der Waals surface area (Å²) in [6.07, 6.45) is 2.35. The normalized spacial score (nSPS) is 20.6. The molecule has 1 aliphatic heterocycles. The highest BCUT2D eigenvalue weighted by atomic mass is 79.9. The second-order valence-corrected chi connectivity index (χ2v) is 4.98. The smallest absolute Gasteiger partial charge is 0.142 e. The summed E-state index contributed by atoms with van der Waals surface area (Å²) in [5, 5.41) is 4.11. The third kappa shape index (κ3) is 2.30. The molecule has 0 amide bonds. The first-order valence-electron chi connectivity index (χ1n) is 4.98. The van der Waals surface area contributed by atoms with Crippen LogP contribution in [-0.4, -0.2) is 13.7 Å². The molecule has 2 rings (SSSR count). The molecule has 0 saturated carbocycles. The summed E-state index contributed by atoms with van der Waals surface area (Å²) in [7, 11) is 1.66. The van der Waals surface area contributed by atoms with E-state index in [4.69, 9.17) is 16.3 Å². The summed E-state index contributed by atoms with van der Waals surface area (Å²) in [5.74, 6) is 0.791. The minimum atomic E-state index is 0.370. The number of nitrogens with one attached hydrogen (secondary N) is 1. The Bertz CT molecular complexity index is 364. The van der Waals surface area contributed by atoms with Gasteiger partial charge in [0.1, 0.15) is 5.75 Å². The molecule has 1 aliphatic rings. The van der Waals surface area contributed by atoms with Crippen molar-refractivity contribution in [3.8, 4) is 5.75 Å². The van der Waals surface area contributed by atoms with E-state index in [-0.39, 0.29) is 0 Å². The standard InChI is InChI=1S/C11H13BrClNO/c1-15-11-8(10-3-2-4-14-10)5-7(12)6-9(11)13/h5-6,10,14H,2-4H2,1H3. The molecule has 1 aromatic rings. The number of rotatable bonds is 2. The van der Waals surface area contributed by atoms with Crippen molar-refractivity contribution in [2.75, 3.05) is 13.7 Å². The van der Waals surface area contributed by atoms with E-state index >= 15 is 0 Å². The molecule has 0 spiro atoms. The molecular formula is C11H13BrClNO. The van der Waals surface area contributed by atoms with Gasteiger partial charge in [-0.3, -0.25) is 0 Å². The number of hydrogen-bond acceptors (Lipinski definition) is 2. The largest absolute Gasteiger partial charge is 0.495 e. The highest BCUT2D eigenvalue weighted by Crippen LogP contribution is 2.38. The summed E-state index contributed by atoms with van der Waals surface area (Å²) in [4.78, 5) is 0. The van der Waals surface area contributed by atoms with Crippen LogP contribution in [0, 0.1) is 0 Å². The van der Waals surface area contributed by atoms with E-state index in [0.29, 0.717) is 11.1 Å². The lowest BCUT2D eigenvalue weighted by molar-refractivity contribution is 0.403. The van der Waals surface area contributed by atoms with E-state index in [1.165, 1.54) is 6.42 Å². The van der Waals surface area contributed by atoms with Gasteiger partial charge in [-0.05, 0) is 31.5 Å². The summed E-state index contributed by atoms with van der Waals surface area (Å²) in [6.45, 7) is 1.07. The maximum absolute atomic E-state index is 6.13. The molecule has 1 saturated heterocycles. The first kappa shape index (κ1) is 11.2. The quantitative estimate of drug-likeness (QED) is 0.899. The van der Waals surface area contributed by atoms with Crippen LogP contribution in [0.5, 0.6) is 5.75 Å². The molecule has 0 radical (unpaired) electrons. The molecule has 0 aromatic heterocycles. The Morgan fingerprint density at radius 1 is 1.53 bits per heavy atom. The number of ether oxygens (including phenoxy) is 1. The average molecular weight is 291 g/mol. The molecule has 1 unspecified atom stereocenters. The van der Waals surface area contributed by atoms with Gasteiger partial charge < -0.3 is 10.1 Å². The predicted octanol–water partition coefficient (Wildman–Crippen LogP) is 3.54. The molecular weight excluding hydrogens is 277 g/mol. The van der Waals surface area contributed by atoms with E-state index in [0.717, 1.165) is 28.8 Å². The maximum atomic E-state index is 6.13. The van der Waals surface area contributed by atoms with Crippen LogP contribution in [0.3, 0.4) is 0 Å².